The van der Waals surface area contributed by atoms with Crippen LogP contribution in [-0.4, -0.2) is 49.9 Å². The van der Waals surface area contributed by atoms with E-state index in [9.17, 15) is 14.3 Å². The molecule has 0 aliphatic carbocycles. The van der Waals surface area contributed by atoms with Gasteiger partial charge in [-0.2, -0.15) is 0 Å². The van der Waals surface area contributed by atoms with Gasteiger partial charge in [-0.1, -0.05) is 137 Å². The summed E-state index contributed by atoms with van der Waals surface area (Å²) in [5, 5.41) is 0. The Balaban J connectivity index is 4.14. The predicted molar refractivity (Wildman–Crippen MR) is 224 cm³/mol. The zero-order valence-corrected chi connectivity index (χ0v) is 34.4. The minimum Gasteiger partial charge on any atom is -0.457 e. The number of phosphoric ester groups is 1. The highest BCUT2D eigenvalue weighted by molar-refractivity contribution is 7.47. The third-order valence-corrected chi connectivity index (χ3v) is 9.03. The summed E-state index contributed by atoms with van der Waals surface area (Å²) in [6.45, 7) is 4.65. The van der Waals surface area contributed by atoms with Gasteiger partial charge in [-0.05, 0) is 89.9 Å². The molecule has 0 amide bonds. The highest BCUT2D eigenvalue weighted by Gasteiger charge is 2.25. The Morgan fingerprint density at radius 2 is 1.06 bits per heavy atom. The number of hydrogen-bond acceptors (Lipinski definition) is 7. The second kappa shape index (κ2) is 40.9. The summed E-state index contributed by atoms with van der Waals surface area (Å²) in [5.41, 5.74) is 5.36. The van der Waals surface area contributed by atoms with E-state index in [0.29, 0.717) is 13.0 Å². The van der Waals surface area contributed by atoms with E-state index in [1.54, 1.807) is 0 Å². The third-order valence-electron chi connectivity index (χ3n) is 8.05. The van der Waals surface area contributed by atoms with Crippen LogP contribution in [0.15, 0.2) is 85.1 Å². The molecule has 0 saturated carbocycles. The minimum absolute atomic E-state index is 0.0851. The third kappa shape index (κ3) is 40.7. The second-order valence-corrected chi connectivity index (χ2v) is 14.6. The first kappa shape index (κ1) is 50.7. The number of rotatable bonds is 38. The zero-order valence-electron chi connectivity index (χ0n) is 33.5. The molecule has 2 unspecified atom stereocenters. The zero-order chi connectivity index (χ0) is 38.8. The lowest BCUT2D eigenvalue weighted by atomic mass is 10.1. The topological polar surface area (TPSA) is 117 Å². The van der Waals surface area contributed by atoms with Crippen LogP contribution in [0.25, 0.3) is 0 Å². The van der Waals surface area contributed by atoms with E-state index in [1.165, 1.54) is 32.1 Å². The molecule has 0 aliphatic heterocycles. The molecule has 0 fully saturated rings. The maximum atomic E-state index is 12.5. The van der Waals surface area contributed by atoms with E-state index in [-0.39, 0.29) is 32.3 Å². The van der Waals surface area contributed by atoms with Crippen molar-refractivity contribution in [3.8, 4) is 0 Å². The highest BCUT2D eigenvalue weighted by atomic mass is 31.2. The number of ether oxygens (including phenoxy) is 2. The number of esters is 1. The smallest absolute Gasteiger partial charge is 0.457 e. The first-order valence-electron chi connectivity index (χ1n) is 20.6. The Morgan fingerprint density at radius 1 is 0.585 bits per heavy atom. The van der Waals surface area contributed by atoms with Crippen LogP contribution in [0.5, 0.6) is 0 Å². The van der Waals surface area contributed by atoms with Gasteiger partial charge in [0, 0.05) is 19.6 Å². The quantitative estimate of drug-likeness (QED) is 0.0276. The van der Waals surface area contributed by atoms with E-state index in [2.05, 4.69) is 98.9 Å². The number of hydrogen-bond donors (Lipinski definition) is 2. The molecule has 0 aromatic carbocycles. The van der Waals surface area contributed by atoms with Crippen LogP contribution < -0.4 is 5.73 Å². The molecule has 9 heteroatoms. The van der Waals surface area contributed by atoms with Gasteiger partial charge in [0.2, 0.25) is 0 Å². The van der Waals surface area contributed by atoms with E-state index < -0.39 is 13.9 Å². The van der Waals surface area contributed by atoms with Gasteiger partial charge in [0.05, 0.1) is 19.8 Å². The summed E-state index contributed by atoms with van der Waals surface area (Å²) in [5.74, 6) is -0.357. The van der Waals surface area contributed by atoms with Gasteiger partial charge >= 0.3 is 13.8 Å². The van der Waals surface area contributed by atoms with Crippen LogP contribution in [-0.2, 0) is 27.9 Å². The maximum absolute atomic E-state index is 12.5. The fourth-order valence-electron chi connectivity index (χ4n) is 5.05. The predicted octanol–water partition coefficient (Wildman–Crippen LogP) is 12.1. The molecule has 0 radical (unpaired) electrons. The van der Waals surface area contributed by atoms with Crippen LogP contribution in [0.4, 0.5) is 0 Å². The molecular formula is C44H76NO7P. The van der Waals surface area contributed by atoms with Crippen molar-refractivity contribution in [3.05, 3.63) is 85.1 Å². The first-order chi connectivity index (χ1) is 25.9. The van der Waals surface area contributed by atoms with Crippen LogP contribution >= 0.6 is 7.82 Å². The van der Waals surface area contributed by atoms with Gasteiger partial charge in [0.25, 0.3) is 0 Å². The summed E-state index contributed by atoms with van der Waals surface area (Å²) in [6.07, 6.45) is 51.7. The Hall–Kier alpha value is -2.32. The van der Waals surface area contributed by atoms with Crippen LogP contribution in [0.2, 0.25) is 0 Å². The molecule has 3 N–H and O–H groups in total. The Morgan fingerprint density at radius 3 is 1.60 bits per heavy atom. The van der Waals surface area contributed by atoms with Gasteiger partial charge in [0.15, 0.2) is 0 Å². The van der Waals surface area contributed by atoms with Crippen molar-refractivity contribution >= 4 is 13.8 Å². The second-order valence-electron chi connectivity index (χ2n) is 13.1. The van der Waals surface area contributed by atoms with Crippen LogP contribution in [0, 0.1) is 0 Å². The molecule has 8 nitrogen and oxygen atoms in total. The van der Waals surface area contributed by atoms with Crippen LogP contribution in [0.1, 0.15) is 149 Å². The van der Waals surface area contributed by atoms with Crippen molar-refractivity contribution in [2.45, 2.75) is 155 Å². The SMILES string of the molecule is CC/C=C\C/C=C\C/C=C\C/C=C\C/C=C\C/C=C\CCCCCOCC(COP(=O)(O)OCCN)OC(=O)CCCCCCC/C=C\CCCCC. The number of carbonyl (C=O) groups excluding carboxylic acids is 1. The molecule has 0 bridgehead atoms. The summed E-state index contributed by atoms with van der Waals surface area (Å²) < 4.78 is 33.3. The number of unbranched alkanes of at least 4 members (excludes halogenated alkanes) is 11. The lowest BCUT2D eigenvalue weighted by Gasteiger charge is -2.20. The maximum Gasteiger partial charge on any atom is 0.472 e. The molecule has 0 spiro atoms. The van der Waals surface area contributed by atoms with Crippen molar-refractivity contribution in [2.75, 3.05) is 33.0 Å². The lowest BCUT2D eigenvalue weighted by molar-refractivity contribution is -0.154. The molecular weight excluding hydrogens is 685 g/mol. The number of allylic oxidation sites excluding steroid dienone is 14. The summed E-state index contributed by atoms with van der Waals surface area (Å²) >= 11 is 0. The van der Waals surface area contributed by atoms with Crippen molar-refractivity contribution in [3.63, 3.8) is 0 Å². The molecule has 2 atom stereocenters. The van der Waals surface area contributed by atoms with Gasteiger partial charge in [-0.3, -0.25) is 13.8 Å². The first-order valence-corrected chi connectivity index (χ1v) is 22.1. The van der Waals surface area contributed by atoms with Gasteiger partial charge in [-0.25, -0.2) is 4.57 Å². The van der Waals surface area contributed by atoms with E-state index in [4.69, 9.17) is 24.3 Å². The molecule has 53 heavy (non-hydrogen) atoms. The standard InChI is InChI=1S/C44H76NO7P/c1-3-5-7-9-11-13-15-17-18-19-20-21-22-23-24-25-26-28-30-32-34-36-39-49-41-43(42-51-53(47,48)50-40-38-45)52-44(46)37-35-33-31-29-27-16-14-12-10-8-6-4-2/h5,7,11-14,17-18,20-21,23-24,26,28,43H,3-4,6,8-10,15-16,19,22,25,27,29-42,45H2,1-2H3,(H,47,48)/b7-5-,13-11-,14-12-,18-17-,21-20-,24-23-,28-26-. The Kier molecular flexibility index (Phi) is 39.1. The van der Waals surface area contributed by atoms with Crippen molar-refractivity contribution < 1.29 is 32.8 Å². The van der Waals surface area contributed by atoms with Gasteiger partial charge in [0.1, 0.15) is 6.10 Å². The molecule has 0 heterocycles. The van der Waals surface area contributed by atoms with Gasteiger partial charge < -0.3 is 20.1 Å². The van der Waals surface area contributed by atoms with Crippen LogP contribution in [0.3, 0.4) is 0 Å². The number of phosphoric acid groups is 1. The summed E-state index contributed by atoms with van der Waals surface area (Å²) in [4.78, 5) is 22.4. The molecule has 0 aliphatic rings. The average molecular weight is 762 g/mol. The summed E-state index contributed by atoms with van der Waals surface area (Å²) in [6, 6.07) is 0. The molecule has 0 aromatic rings. The number of carbonyl (C=O) groups is 1. The van der Waals surface area contributed by atoms with Crippen molar-refractivity contribution in [1.82, 2.24) is 0 Å². The normalized spacial score (nSPS) is 14.4. The molecule has 304 valence electrons. The van der Waals surface area contributed by atoms with E-state index in [0.717, 1.165) is 96.3 Å². The monoisotopic (exact) mass is 762 g/mol. The van der Waals surface area contributed by atoms with Crippen molar-refractivity contribution in [2.24, 2.45) is 5.73 Å². The Bertz CT molecular complexity index is 1080. The minimum atomic E-state index is -4.29. The van der Waals surface area contributed by atoms with Gasteiger partial charge in [-0.15, -0.1) is 0 Å². The van der Waals surface area contributed by atoms with E-state index in [1.807, 2.05) is 0 Å². The fraction of sp³-hybridized carbons (Fsp3) is 0.659. The lowest BCUT2D eigenvalue weighted by Crippen LogP contribution is -2.28. The number of nitrogens with two attached hydrogens (primary N) is 1. The Labute approximate surface area is 324 Å². The summed E-state index contributed by atoms with van der Waals surface area (Å²) in [7, 11) is -4.29. The largest absolute Gasteiger partial charge is 0.472 e. The fourth-order valence-corrected chi connectivity index (χ4v) is 5.82. The molecule has 0 aromatic heterocycles. The molecule has 0 saturated heterocycles. The average Bonchev–Trinajstić information content (AvgIpc) is 3.15. The molecule has 0 rings (SSSR count). The van der Waals surface area contributed by atoms with Crippen molar-refractivity contribution in [1.29, 1.82) is 0 Å². The van der Waals surface area contributed by atoms with E-state index >= 15 is 0 Å². The highest BCUT2D eigenvalue weighted by Crippen LogP contribution is 2.43.